The molecule has 2 amide bonds. The smallest absolute Gasteiger partial charge is 0.253 e. The third kappa shape index (κ3) is 5.23. The average molecular weight is 499 g/mol. The summed E-state index contributed by atoms with van der Waals surface area (Å²) >= 11 is 0. The molecule has 33 heavy (non-hydrogen) atoms. The zero-order chi connectivity index (χ0) is 23.8. The van der Waals surface area contributed by atoms with E-state index in [9.17, 15) is 26.4 Å². The summed E-state index contributed by atoms with van der Waals surface area (Å²) in [4.78, 5) is 30.1. The maximum absolute atomic E-state index is 13.1. The van der Waals surface area contributed by atoms with Crippen LogP contribution in [-0.4, -0.2) is 118 Å². The van der Waals surface area contributed by atoms with E-state index in [0.717, 1.165) is 0 Å². The minimum atomic E-state index is -3.77. The molecule has 3 aliphatic rings. The average Bonchev–Trinajstić information content (AvgIpc) is 3.18. The summed E-state index contributed by atoms with van der Waals surface area (Å²) in [6.45, 7) is 4.75. The topological polar surface area (TPSA) is 115 Å². The molecule has 1 unspecified atom stereocenters. The summed E-state index contributed by atoms with van der Waals surface area (Å²) in [6, 6.07) is 6.12. The minimum Gasteiger partial charge on any atom is -0.340 e. The van der Waals surface area contributed by atoms with Gasteiger partial charge in [-0.15, -0.1) is 0 Å². The normalized spacial score (nSPS) is 24.7. The van der Waals surface area contributed by atoms with Gasteiger partial charge in [-0.05, 0) is 24.6 Å². The lowest BCUT2D eigenvalue weighted by Crippen LogP contribution is -2.52. The van der Waals surface area contributed by atoms with E-state index in [1.54, 1.807) is 21.9 Å². The molecule has 0 saturated carbocycles. The quantitative estimate of drug-likeness (QED) is 0.549. The fourth-order valence-corrected chi connectivity index (χ4v) is 7.95. The third-order valence-electron chi connectivity index (χ3n) is 6.73. The van der Waals surface area contributed by atoms with Crippen molar-refractivity contribution in [2.75, 3.05) is 63.9 Å². The lowest BCUT2D eigenvalue weighted by atomic mass is 10.1. The zero-order valence-electron chi connectivity index (χ0n) is 18.7. The Kier molecular flexibility index (Phi) is 6.81. The highest BCUT2D eigenvalue weighted by atomic mass is 32.2. The molecule has 0 aliphatic carbocycles. The van der Waals surface area contributed by atoms with Crippen LogP contribution in [0.5, 0.6) is 0 Å². The summed E-state index contributed by atoms with van der Waals surface area (Å²) in [5.74, 6) is 0.102. The first kappa shape index (κ1) is 24.1. The number of carbonyl (C=O) groups excluding carboxylic acids is 2. The van der Waals surface area contributed by atoms with Crippen molar-refractivity contribution in [2.45, 2.75) is 24.3 Å². The predicted molar refractivity (Wildman–Crippen MR) is 122 cm³/mol. The first-order valence-electron chi connectivity index (χ1n) is 11.2. The number of nitrogens with zero attached hydrogens (tertiary/aromatic N) is 4. The number of carbonyl (C=O) groups is 2. The molecule has 3 heterocycles. The van der Waals surface area contributed by atoms with Gasteiger partial charge < -0.3 is 9.80 Å². The molecule has 10 nitrogen and oxygen atoms in total. The fraction of sp³-hybridized carbons (Fsp3) is 0.619. The highest BCUT2D eigenvalue weighted by molar-refractivity contribution is 7.91. The molecule has 1 atom stereocenters. The van der Waals surface area contributed by atoms with Gasteiger partial charge in [0.2, 0.25) is 15.9 Å². The maximum atomic E-state index is 13.1. The fourth-order valence-electron chi connectivity index (χ4n) is 4.72. The molecular formula is C21H30N4O6S2. The molecule has 0 spiro atoms. The summed E-state index contributed by atoms with van der Waals surface area (Å²) < 4.78 is 51.1. The van der Waals surface area contributed by atoms with Crippen molar-refractivity contribution in [1.82, 2.24) is 19.0 Å². The predicted octanol–water partition coefficient (Wildman–Crippen LogP) is -0.516. The van der Waals surface area contributed by atoms with Crippen molar-refractivity contribution in [3.63, 3.8) is 0 Å². The Morgan fingerprint density at radius 3 is 2.15 bits per heavy atom. The number of hydrogen-bond donors (Lipinski definition) is 0. The minimum absolute atomic E-state index is 0.0178. The lowest BCUT2D eigenvalue weighted by molar-refractivity contribution is -0.129. The molecule has 3 saturated heterocycles. The van der Waals surface area contributed by atoms with Gasteiger partial charge in [-0.2, -0.15) is 4.31 Å². The number of rotatable bonds is 4. The summed E-state index contributed by atoms with van der Waals surface area (Å²) in [6.07, 6.45) is 0.636. The molecule has 3 fully saturated rings. The van der Waals surface area contributed by atoms with Crippen LogP contribution in [0.4, 0.5) is 0 Å². The van der Waals surface area contributed by atoms with Crippen LogP contribution in [0.2, 0.25) is 0 Å². The number of amides is 2. The zero-order valence-corrected chi connectivity index (χ0v) is 20.4. The van der Waals surface area contributed by atoms with Crippen molar-refractivity contribution in [2.24, 2.45) is 0 Å². The van der Waals surface area contributed by atoms with Crippen LogP contribution in [0.15, 0.2) is 29.2 Å². The van der Waals surface area contributed by atoms with Crippen molar-refractivity contribution in [3.8, 4) is 0 Å². The van der Waals surface area contributed by atoms with Gasteiger partial charge in [-0.25, -0.2) is 16.8 Å². The van der Waals surface area contributed by atoms with Gasteiger partial charge >= 0.3 is 0 Å². The summed E-state index contributed by atoms with van der Waals surface area (Å²) in [5, 5.41) is 0. The molecule has 0 bridgehead atoms. The number of sulfonamides is 1. The standard InChI is InChI=1S/C21H30N4O6S2/c1-17(26)22-10-12-25(13-11-22)33(30,31)20-4-2-3-18(15-20)21(27)24-8-6-23(7-9-24)19-5-14-32(28,29)16-19/h2-4,15,19H,5-14,16H2,1H3. The molecule has 3 aliphatic heterocycles. The van der Waals surface area contributed by atoms with Gasteiger partial charge in [0.05, 0.1) is 16.4 Å². The van der Waals surface area contributed by atoms with E-state index in [0.29, 0.717) is 51.3 Å². The maximum Gasteiger partial charge on any atom is 0.253 e. The van der Waals surface area contributed by atoms with Gasteiger partial charge in [0.25, 0.3) is 5.91 Å². The number of sulfone groups is 1. The molecule has 0 aromatic heterocycles. The Morgan fingerprint density at radius 2 is 1.58 bits per heavy atom. The Labute approximate surface area is 195 Å². The van der Waals surface area contributed by atoms with Gasteiger partial charge in [0.15, 0.2) is 9.84 Å². The number of piperazine rings is 2. The third-order valence-corrected chi connectivity index (χ3v) is 10.4. The molecule has 0 radical (unpaired) electrons. The Hall–Kier alpha value is -2.02. The SMILES string of the molecule is CC(=O)N1CCN(S(=O)(=O)c2cccc(C(=O)N3CCN(C4CCS(=O)(=O)C4)CC3)c2)CC1. The monoisotopic (exact) mass is 498 g/mol. The summed E-state index contributed by atoms with van der Waals surface area (Å²) in [7, 11) is -6.72. The van der Waals surface area contributed by atoms with Crippen molar-refractivity contribution < 1.29 is 26.4 Å². The van der Waals surface area contributed by atoms with Crippen LogP contribution in [0.25, 0.3) is 0 Å². The largest absolute Gasteiger partial charge is 0.340 e. The van der Waals surface area contributed by atoms with Crippen molar-refractivity contribution >= 4 is 31.7 Å². The van der Waals surface area contributed by atoms with Crippen molar-refractivity contribution in [3.05, 3.63) is 29.8 Å². The van der Waals surface area contributed by atoms with Crippen LogP contribution in [0, 0.1) is 0 Å². The lowest BCUT2D eigenvalue weighted by Gasteiger charge is -2.37. The van der Waals surface area contributed by atoms with Gasteiger partial charge in [0.1, 0.15) is 0 Å². The van der Waals surface area contributed by atoms with E-state index in [1.807, 2.05) is 0 Å². The molecule has 0 N–H and O–H groups in total. The molecule has 1 aromatic rings. The van der Waals surface area contributed by atoms with E-state index < -0.39 is 19.9 Å². The molecule has 1 aromatic carbocycles. The highest BCUT2D eigenvalue weighted by Gasteiger charge is 2.35. The molecule has 182 valence electrons. The van der Waals surface area contributed by atoms with Gasteiger partial charge in [0, 0.05) is 70.9 Å². The summed E-state index contributed by atoms with van der Waals surface area (Å²) in [5.41, 5.74) is 0.315. The van der Waals surface area contributed by atoms with E-state index in [2.05, 4.69) is 4.90 Å². The molecular weight excluding hydrogens is 468 g/mol. The highest BCUT2D eigenvalue weighted by Crippen LogP contribution is 2.22. The van der Waals surface area contributed by atoms with Crippen LogP contribution in [-0.2, 0) is 24.7 Å². The number of benzene rings is 1. The molecule has 12 heteroatoms. The van der Waals surface area contributed by atoms with Crippen LogP contribution in [0.1, 0.15) is 23.7 Å². The second-order valence-corrected chi connectivity index (χ2v) is 13.0. The van der Waals surface area contributed by atoms with Gasteiger partial charge in [-0.1, -0.05) is 6.07 Å². The Balaban J connectivity index is 1.39. The van der Waals surface area contributed by atoms with Crippen LogP contribution in [0.3, 0.4) is 0 Å². The van der Waals surface area contributed by atoms with E-state index in [1.165, 1.54) is 23.4 Å². The van der Waals surface area contributed by atoms with Crippen molar-refractivity contribution in [1.29, 1.82) is 0 Å². The van der Waals surface area contributed by atoms with Crippen LogP contribution >= 0.6 is 0 Å². The van der Waals surface area contributed by atoms with E-state index >= 15 is 0 Å². The Morgan fingerprint density at radius 1 is 0.939 bits per heavy atom. The van der Waals surface area contributed by atoms with E-state index in [-0.39, 0.29) is 47.3 Å². The Bertz CT molecular complexity index is 1120. The first-order valence-corrected chi connectivity index (χ1v) is 14.4. The van der Waals surface area contributed by atoms with Crippen LogP contribution < -0.4 is 0 Å². The first-order chi connectivity index (χ1) is 15.6. The van der Waals surface area contributed by atoms with E-state index in [4.69, 9.17) is 0 Å². The molecule has 4 rings (SSSR count). The second kappa shape index (κ2) is 9.32. The second-order valence-electron chi connectivity index (χ2n) is 8.82. The van der Waals surface area contributed by atoms with Gasteiger partial charge in [-0.3, -0.25) is 14.5 Å². The number of hydrogen-bond acceptors (Lipinski definition) is 7.